The topological polar surface area (TPSA) is 88.6 Å². The van der Waals surface area contributed by atoms with E-state index in [9.17, 15) is 14.7 Å². The number of carbonyl (C=O) groups excluding carboxylic acids is 2. The van der Waals surface area contributed by atoms with Gasteiger partial charge in [-0.05, 0) is 24.1 Å². The average Bonchev–Trinajstić information content (AvgIpc) is 3.54. The molecule has 0 aliphatic carbocycles. The highest BCUT2D eigenvalue weighted by atomic mass is 16.3. The Balaban J connectivity index is 1.49. The molecule has 0 saturated carbocycles. The van der Waals surface area contributed by atoms with Crippen molar-refractivity contribution < 1.29 is 19.1 Å². The fraction of sp³-hybridized carbons (Fsp3) is 0.160. The number of Topliss-reactive ketones (excluding diaryl/α,β-unsaturated/α-hetero) is 1. The zero-order chi connectivity index (χ0) is 22.1. The van der Waals surface area contributed by atoms with Crippen LogP contribution in [-0.2, 0) is 11.3 Å². The van der Waals surface area contributed by atoms with Crippen molar-refractivity contribution in [2.24, 2.45) is 0 Å². The van der Waals surface area contributed by atoms with Crippen LogP contribution in [-0.4, -0.2) is 37.8 Å². The number of imidazole rings is 1. The maximum Gasteiger partial charge on any atom is 0.290 e. The Morgan fingerprint density at radius 2 is 1.84 bits per heavy atom. The zero-order valence-electron chi connectivity index (χ0n) is 17.2. The number of rotatable bonds is 7. The summed E-state index contributed by atoms with van der Waals surface area (Å²) < 4.78 is 7.66. The number of fused-ring (bicyclic) bond motifs is 1. The second kappa shape index (κ2) is 8.19. The maximum atomic E-state index is 13.5. The van der Waals surface area contributed by atoms with Gasteiger partial charge in [0.05, 0.1) is 17.9 Å². The smallest absolute Gasteiger partial charge is 0.290 e. The lowest BCUT2D eigenvalue weighted by atomic mass is 9.95. The minimum atomic E-state index is -0.688. The van der Waals surface area contributed by atoms with Gasteiger partial charge in [0.25, 0.3) is 5.91 Å². The highest BCUT2D eigenvalue weighted by molar-refractivity contribution is 6.16. The summed E-state index contributed by atoms with van der Waals surface area (Å²) in [5.41, 5.74) is 1.38. The molecule has 5 rings (SSSR count). The number of aliphatic hydroxyl groups is 1. The standard InChI is InChI=1S/C25H21N3O4/c29-23(20-15-18-9-4-5-10-19(18)32-20)21-22(17-7-2-1-3-8-17)28(25(31)24(21)30)13-6-12-27-14-11-26-16-27/h1-5,7-11,14-16,22,30H,6,12-13H2/t22-/m0/s1. The number of nitrogens with zero attached hydrogens (tertiary/aromatic N) is 3. The molecule has 0 unspecified atom stereocenters. The van der Waals surface area contributed by atoms with E-state index in [1.807, 2.05) is 59.3 Å². The van der Waals surface area contributed by atoms with E-state index < -0.39 is 23.5 Å². The number of amides is 1. The van der Waals surface area contributed by atoms with Crippen molar-refractivity contribution in [3.05, 3.63) is 102 Å². The monoisotopic (exact) mass is 427 g/mol. The number of hydrogen-bond donors (Lipinski definition) is 1. The molecule has 2 aromatic heterocycles. The fourth-order valence-corrected chi connectivity index (χ4v) is 4.17. The quantitative estimate of drug-likeness (QED) is 0.444. The van der Waals surface area contributed by atoms with Crippen molar-refractivity contribution in [1.82, 2.24) is 14.5 Å². The van der Waals surface area contributed by atoms with Gasteiger partial charge in [-0.3, -0.25) is 9.59 Å². The molecular formula is C25H21N3O4. The Morgan fingerprint density at radius 1 is 1.06 bits per heavy atom. The van der Waals surface area contributed by atoms with E-state index in [4.69, 9.17) is 4.42 Å². The highest BCUT2D eigenvalue weighted by Gasteiger charge is 2.44. The van der Waals surface area contributed by atoms with Crippen LogP contribution in [0.3, 0.4) is 0 Å². The van der Waals surface area contributed by atoms with Gasteiger partial charge in [0.1, 0.15) is 5.58 Å². The lowest BCUT2D eigenvalue weighted by Crippen LogP contribution is -2.32. The number of aromatic nitrogens is 2. The Labute approximate surface area is 184 Å². The third-order valence-electron chi connectivity index (χ3n) is 5.69. The molecule has 2 aromatic carbocycles. The van der Waals surface area contributed by atoms with E-state index in [0.717, 1.165) is 10.9 Å². The molecule has 1 atom stereocenters. The number of furan rings is 1. The summed E-state index contributed by atoms with van der Waals surface area (Å²) >= 11 is 0. The average molecular weight is 427 g/mol. The molecule has 1 aliphatic rings. The predicted molar refractivity (Wildman–Crippen MR) is 118 cm³/mol. The van der Waals surface area contributed by atoms with Gasteiger partial charge in [-0.1, -0.05) is 48.5 Å². The van der Waals surface area contributed by atoms with Crippen LogP contribution in [0.1, 0.15) is 28.6 Å². The van der Waals surface area contributed by atoms with Gasteiger partial charge >= 0.3 is 0 Å². The van der Waals surface area contributed by atoms with Crippen molar-refractivity contribution in [3.8, 4) is 0 Å². The lowest BCUT2D eigenvalue weighted by molar-refractivity contribution is -0.129. The third kappa shape index (κ3) is 3.47. The van der Waals surface area contributed by atoms with Gasteiger partial charge in [-0.15, -0.1) is 0 Å². The molecular weight excluding hydrogens is 406 g/mol. The number of aliphatic hydroxyl groups excluding tert-OH is 1. The third-order valence-corrected chi connectivity index (χ3v) is 5.69. The van der Waals surface area contributed by atoms with Crippen LogP contribution < -0.4 is 0 Å². The minimum absolute atomic E-state index is 0.0443. The van der Waals surface area contributed by atoms with Gasteiger partial charge in [-0.25, -0.2) is 4.98 Å². The van der Waals surface area contributed by atoms with Crippen LogP contribution >= 0.6 is 0 Å². The van der Waals surface area contributed by atoms with E-state index in [0.29, 0.717) is 25.1 Å². The van der Waals surface area contributed by atoms with Gasteiger partial charge < -0.3 is 19.0 Å². The van der Waals surface area contributed by atoms with Crippen LogP contribution in [0.15, 0.2) is 95.1 Å². The zero-order valence-corrected chi connectivity index (χ0v) is 17.2. The Hall–Kier alpha value is -4.13. The molecule has 160 valence electrons. The van der Waals surface area contributed by atoms with E-state index in [2.05, 4.69) is 4.98 Å². The Bertz CT molecular complexity index is 1270. The van der Waals surface area contributed by atoms with Crippen molar-refractivity contribution >= 4 is 22.7 Å². The first-order valence-corrected chi connectivity index (χ1v) is 10.4. The van der Waals surface area contributed by atoms with E-state index in [1.165, 1.54) is 0 Å². The predicted octanol–water partition coefficient (Wildman–Crippen LogP) is 4.30. The summed E-state index contributed by atoms with van der Waals surface area (Å²) in [6.07, 6.45) is 5.91. The number of para-hydroxylation sites is 1. The second-order valence-corrected chi connectivity index (χ2v) is 7.71. The van der Waals surface area contributed by atoms with Crippen LogP contribution in [0.25, 0.3) is 11.0 Å². The van der Waals surface area contributed by atoms with Crippen LogP contribution in [0.5, 0.6) is 0 Å². The first-order chi connectivity index (χ1) is 15.6. The molecule has 3 heterocycles. The lowest BCUT2D eigenvalue weighted by Gasteiger charge is -2.26. The van der Waals surface area contributed by atoms with E-state index >= 15 is 0 Å². The molecule has 0 fully saturated rings. The molecule has 1 amide bonds. The number of aryl methyl sites for hydroxylation is 1. The molecule has 1 aliphatic heterocycles. The van der Waals surface area contributed by atoms with Crippen LogP contribution in [0.4, 0.5) is 0 Å². The van der Waals surface area contributed by atoms with Crippen molar-refractivity contribution in [3.63, 3.8) is 0 Å². The van der Waals surface area contributed by atoms with Crippen LogP contribution in [0.2, 0.25) is 0 Å². The van der Waals surface area contributed by atoms with Gasteiger partial charge in [0, 0.05) is 30.9 Å². The minimum Gasteiger partial charge on any atom is -0.503 e. The second-order valence-electron chi connectivity index (χ2n) is 7.71. The first-order valence-electron chi connectivity index (χ1n) is 10.4. The molecule has 0 saturated heterocycles. The highest BCUT2D eigenvalue weighted by Crippen LogP contribution is 2.39. The summed E-state index contributed by atoms with van der Waals surface area (Å²) in [4.78, 5) is 32.1. The summed E-state index contributed by atoms with van der Waals surface area (Å²) in [7, 11) is 0. The van der Waals surface area contributed by atoms with Gasteiger partial charge in [0.15, 0.2) is 11.5 Å². The Kier molecular flexibility index (Phi) is 5.07. The molecule has 0 radical (unpaired) electrons. The summed E-state index contributed by atoms with van der Waals surface area (Å²) in [5, 5.41) is 11.5. The molecule has 0 bridgehead atoms. The summed E-state index contributed by atoms with van der Waals surface area (Å²) in [6, 6.07) is 17.5. The number of hydrogen-bond acceptors (Lipinski definition) is 5. The summed E-state index contributed by atoms with van der Waals surface area (Å²) in [6.45, 7) is 1.04. The van der Waals surface area contributed by atoms with Gasteiger partial charge in [-0.2, -0.15) is 0 Å². The van der Waals surface area contributed by atoms with Crippen LogP contribution in [0, 0.1) is 0 Å². The molecule has 4 aromatic rings. The molecule has 7 nitrogen and oxygen atoms in total. The normalized spacial score (nSPS) is 16.3. The van der Waals surface area contributed by atoms with E-state index in [1.54, 1.807) is 29.6 Å². The Morgan fingerprint density at radius 3 is 2.59 bits per heavy atom. The fourth-order valence-electron chi connectivity index (χ4n) is 4.17. The van der Waals surface area contributed by atoms with E-state index in [-0.39, 0.29) is 11.3 Å². The summed E-state index contributed by atoms with van der Waals surface area (Å²) in [5.74, 6) is -1.46. The molecule has 32 heavy (non-hydrogen) atoms. The number of carbonyl (C=O) groups is 2. The maximum absolute atomic E-state index is 13.5. The molecule has 1 N–H and O–H groups in total. The van der Waals surface area contributed by atoms with Crippen molar-refractivity contribution in [2.75, 3.05) is 6.54 Å². The van der Waals surface area contributed by atoms with Crippen molar-refractivity contribution in [1.29, 1.82) is 0 Å². The van der Waals surface area contributed by atoms with Gasteiger partial charge in [0.2, 0.25) is 5.78 Å². The number of benzene rings is 2. The molecule has 7 heteroatoms. The first kappa shape index (κ1) is 19.8. The van der Waals surface area contributed by atoms with Crippen molar-refractivity contribution in [2.45, 2.75) is 19.0 Å². The number of ketones is 1. The molecule has 0 spiro atoms. The largest absolute Gasteiger partial charge is 0.503 e. The SMILES string of the molecule is O=C(C1=C(O)C(=O)N(CCCn2ccnc2)[C@H]1c1ccccc1)c1cc2ccccc2o1.